The molecule has 0 aliphatic carbocycles. The highest BCUT2D eigenvalue weighted by Gasteiger charge is 2.21. The van der Waals surface area contributed by atoms with Crippen molar-refractivity contribution >= 4 is 10.0 Å². The fraction of sp³-hybridized carbons (Fsp3) is 0.500. The number of phenolic OH excluding ortho intramolecular Hbond substituents is 2. The third-order valence-electron chi connectivity index (χ3n) is 2.40. The molecule has 0 bridgehead atoms. The Morgan fingerprint density at radius 1 is 1.21 bits per heavy atom. The normalized spacial score (nSPS) is 12.6. The van der Waals surface area contributed by atoms with Gasteiger partial charge in [0.15, 0.2) is 11.5 Å². The summed E-state index contributed by atoms with van der Waals surface area (Å²) in [6.45, 7) is 4.44. The summed E-state index contributed by atoms with van der Waals surface area (Å²) < 4.78 is 24.8. The smallest absolute Gasteiger partial charge is 0.209 e. The van der Waals surface area contributed by atoms with E-state index in [-0.39, 0.29) is 11.5 Å². The molecular weight excluding hydrogens is 268 g/mol. The van der Waals surface area contributed by atoms with Crippen molar-refractivity contribution in [3.8, 4) is 11.5 Å². The first kappa shape index (κ1) is 15.7. The molecule has 19 heavy (non-hydrogen) atoms. The van der Waals surface area contributed by atoms with Gasteiger partial charge in [0.1, 0.15) is 0 Å². The second-order valence-corrected chi connectivity index (χ2v) is 6.93. The summed E-state index contributed by atoms with van der Waals surface area (Å²) >= 11 is 0. The van der Waals surface area contributed by atoms with Crippen molar-refractivity contribution in [3.05, 3.63) is 23.8 Å². The maximum absolute atomic E-state index is 11.2. The maximum atomic E-state index is 11.2. The van der Waals surface area contributed by atoms with Crippen LogP contribution in [0, 0.1) is 0 Å². The molecule has 0 aliphatic heterocycles. The minimum absolute atomic E-state index is 0.164. The van der Waals surface area contributed by atoms with Crippen LogP contribution < -0.4 is 10.0 Å². The van der Waals surface area contributed by atoms with Gasteiger partial charge >= 0.3 is 0 Å². The molecule has 0 spiro atoms. The molecule has 0 amide bonds. The average molecular weight is 288 g/mol. The van der Waals surface area contributed by atoms with E-state index in [1.807, 2.05) is 0 Å². The lowest BCUT2D eigenvalue weighted by molar-refractivity contribution is 0.401. The topological polar surface area (TPSA) is 98.7 Å². The lowest BCUT2D eigenvalue weighted by Crippen LogP contribution is -2.49. The van der Waals surface area contributed by atoms with Crippen LogP contribution in [0.5, 0.6) is 11.5 Å². The van der Waals surface area contributed by atoms with Gasteiger partial charge in [0.25, 0.3) is 0 Å². The lowest BCUT2D eigenvalue weighted by Gasteiger charge is -2.25. The number of aromatic hydroxyl groups is 2. The molecule has 4 N–H and O–H groups in total. The summed E-state index contributed by atoms with van der Waals surface area (Å²) in [5.41, 5.74) is 0.192. The van der Waals surface area contributed by atoms with Crippen LogP contribution in [0.3, 0.4) is 0 Å². The van der Waals surface area contributed by atoms with Crippen molar-refractivity contribution in [2.75, 3.05) is 12.8 Å². The summed E-state index contributed by atoms with van der Waals surface area (Å²) in [7, 11) is -3.25. The highest BCUT2D eigenvalue weighted by Crippen LogP contribution is 2.24. The van der Waals surface area contributed by atoms with Gasteiger partial charge in [-0.3, -0.25) is 0 Å². The molecule has 0 aromatic heterocycles. The second kappa shape index (κ2) is 5.77. The van der Waals surface area contributed by atoms with Crippen molar-refractivity contribution in [2.45, 2.75) is 25.9 Å². The third kappa shape index (κ3) is 5.91. The molecule has 1 aromatic rings. The molecule has 0 radical (unpaired) electrons. The first-order chi connectivity index (χ1) is 8.59. The van der Waals surface area contributed by atoms with Gasteiger partial charge in [0.05, 0.1) is 6.26 Å². The van der Waals surface area contributed by atoms with Crippen LogP contribution >= 0.6 is 0 Å². The summed E-state index contributed by atoms with van der Waals surface area (Å²) in [6, 6.07) is 4.55. The summed E-state index contributed by atoms with van der Waals surface area (Å²) in [5.74, 6) is -0.337. The Bertz CT molecular complexity index is 541. The Morgan fingerprint density at radius 3 is 2.37 bits per heavy atom. The molecule has 0 atom stereocenters. The van der Waals surface area contributed by atoms with Gasteiger partial charge in [-0.15, -0.1) is 0 Å². The summed E-state index contributed by atoms with van der Waals surface area (Å²) in [6.07, 6.45) is 1.12. The number of benzene rings is 1. The first-order valence-corrected chi connectivity index (χ1v) is 7.69. The zero-order chi connectivity index (χ0) is 14.7. The first-order valence-electron chi connectivity index (χ1n) is 5.80. The number of phenols is 2. The Labute approximate surface area is 113 Å². The van der Waals surface area contributed by atoms with Gasteiger partial charge in [0.2, 0.25) is 10.0 Å². The van der Waals surface area contributed by atoms with Gasteiger partial charge in [-0.25, -0.2) is 13.1 Å². The molecular formula is C12H20N2O4S. The number of hydrogen-bond acceptors (Lipinski definition) is 5. The van der Waals surface area contributed by atoms with Crippen LogP contribution in [0.15, 0.2) is 18.2 Å². The van der Waals surface area contributed by atoms with Crippen LogP contribution in [0.4, 0.5) is 0 Å². The standard InChI is InChI=1S/C12H20N2O4S/c1-12(2,14-19(3,17)18)8-13-7-9-4-5-10(15)11(16)6-9/h4-6,13-16H,7-8H2,1-3H3. The van der Waals surface area contributed by atoms with E-state index in [1.165, 1.54) is 12.1 Å². The highest BCUT2D eigenvalue weighted by atomic mass is 32.2. The summed E-state index contributed by atoms with van der Waals surface area (Å²) in [5, 5.41) is 21.6. The third-order valence-corrected chi connectivity index (χ3v) is 3.32. The Morgan fingerprint density at radius 2 is 1.84 bits per heavy atom. The SMILES string of the molecule is CC(C)(CNCc1ccc(O)c(O)c1)NS(C)(=O)=O. The van der Waals surface area contributed by atoms with E-state index < -0.39 is 15.6 Å². The fourth-order valence-corrected chi connectivity index (χ4v) is 2.81. The van der Waals surface area contributed by atoms with Gasteiger partial charge in [-0.2, -0.15) is 0 Å². The highest BCUT2D eigenvalue weighted by molar-refractivity contribution is 7.88. The largest absolute Gasteiger partial charge is 0.504 e. The molecule has 108 valence electrons. The van der Waals surface area contributed by atoms with Crippen molar-refractivity contribution in [1.29, 1.82) is 0 Å². The Kier molecular flexibility index (Phi) is 4.78. The Balaban J connectivity index is 2.51. The number of nitrogens with one attached hydrogen (secondary N) is 2. The number of rotatable bonds is 6. The molecule has 0 fully saturated rings. The van der Waals surface area contributed by atoms with Crippen molar-refractivity contribution in [1.82, 2.24) is 10.0 Å². The fourth-order valence-electron chi connectivity index (χ4n) is 1.74. The van der Waals surface area contributed by atoms with E-state index >= 15 is 0 Å². The van der Waals surface area contributed by atoms with Crippen molar-refractivity contribution in [3.63, 3.8) is 0 Å². The molecule has 0 unspecified atom stereocenters. The molecule has 7 heteroatoms. The average Bonchev–Trinajstić information content (AvgIpc) is 2.19. The number of hydrogen-bond donors (Lipinski definition) is 4. The van der Waals surface area contributed by atoms with Crippen LogP contribution in [-0.4, -0.2) is 37.0 Å². The minimum Gasteiger partial charge on any atom is -0.504 e. The predicted molar refractivity (Wildman–Crippen MR) is 73.5 cm³/mol. The van der Waals surface area contributed by atoms with E-state index in [1.54, 1.807) is 19.9 Å². The quantitative estimate of drug-likeness (QED) is 0.572. The van der Waals surface area contributed by atoms with E-state index in [4.69, 9.17) is 0 Å². The van der Waals surface area contributed by atoms with Gasteiger partial charge in [-0.1, -0.05) is 6.07 Å². The molecule has 0 heterocycles. The van der Waals surface area contributed by atoms with E-state index in [0.717, 1.165) is 11.8 Å². The van der Waals surface area contributed by atoms with Crippen LogP contribution in [0.1, 0.15) is 19.4 Å². The van der Waals surface area contributed by atoms with Gasteiger partial charge < -0.3 is 15.5 Å². The van der Waals surface area contributed by atoms with E-state index in [9.17, 15) is 18.6 Å². The van der Waals surface area contributed by atoms with E-state index in [0.29, 0.717) is 13.1 Å². The second-order valence-electron chi connectivity index (χ2n) is 5.18. The van der Waals surface area contributed by atoms with Crippen molar-refractivity contribution < 1.29 is 18.6 Å². The van der Waals surface area contributed by atoms with Gasteiger partial charge in [-0.05, 0) is 31.5 Å². The zero-order valence-electron chi connectivity index (χ0n) is 11.3. The zero-order valence-corrected chi connectivity index (χ0v) is 12.1. The summed E-state index contributed by atoms with van der Waals surface area (Å²) in [4.78, 5) is 0. The van der Waals surface area contributed by atoms with E-state index in [2.05, 4.69) is 10.0 Å². The van der Waals surface area contributed by atoms with Gasteiger partial charge in [0, 0.05) is 18.6 Å². The Hall–Kier alpha value is -1.31. The predicted octanol–water partition coefficient (Wildman–Crippen LogP) is 0.515. The molecule has 0 saturated heterocycles. The number of sulfonamides is 1. The van der Waals surface area contributed by atoms with Crippen LogP contribution in [-0.2, 0) is 16.6 Å². The van der Waals surface area contributed by atoms with Crippen LogP contribution in [0.25, 0.3) is 0 Å². The minimum atomic E-state index is -3.25. The van der Waals surface area contributed by atoms with Crippen molar-refractivity contribution in [2.24, 2.45) is 0 Å². The monoisotopic (exact) mass is 288 g/mol. The molecule has 0 aliphatic rings. The molecule has 0 saturated carbocycles. The maximum Gasteiger partial charge on any atom is 0.209 e. The molecule has 1 aromatic carbocycles. The lowest BCUT2D eigenvalue weighted by atomic mass is 10.1. The van der Waals surface area contributed by atoms with Crippen LogP contribution in [0.2, 0.25) is 0 Å². The molecule has 6 nitrogen and oxygen atoms in total. The molecule has 1 rings (SSSR count).